The molecule has 2 aromatic heterocycles. The summed E-state index contributed by atoms with van der Waals surface area (Å²) in [6, 6.07) is 10.3. The van der Waals surface area contributed by atoms with E-state index in [1.165, 1.54) is 38.8 Å². The van der Waals surface area contributed by atoms with Crippen molar-refractivity contribution in [1.82, 2.24) is 9.97 Å². The molecule has 0 unspecified atom stereocenters. The summed E-state index contributed by atoms with van der Waals surface area (Å²) >= 11 is 1.56. The molecule has 2 N–H and O–H groups in total. The maximum Gasteiger partial charge on any atom is 0.260 e. The van der Waals surface area contributed by atoms with Gasteiger partial charge in [-0.3, -0.25) is 4.79 Å². The van der Waals surface area contributed by atoms with Crippen molar-refractivity contribution in [2.75, 3.05) is 13.1 Å². The average molecular weight is 354 g/mol. The van der Waals surface area contributed by atoms with Crippen molar-refractivity contribution in [1.29, 1.82) is 0 Å². The van der Waals surface area contributed by atoms with Crippen LogP contribution in [0.25, 0.3) is 21.3 Å². The molecule has 0 amide bonds. The van der Waals surface area contributed by atoms with Gasteiger partial charge in [-0.1, -0.05) is 30.3 Å². The number of aromatic amines is 1. The van der Waals surface area contributed by atoms with Crippen molar-refractivity contribution in [3.8, 4) is 11.1 Å². The molecule has 1 atom stereocenters. The molecule has 25 heavy (non-hydrogen) atoms. The van der Waals surface area contributed by atoms with Gasteiger partial charge in [0.25, 0.3) is 5.56 Å². The van der Waals surface area contributed by atoms with Crippen LogP contribution in [-0.2, 0) is 0 Å². The van der Waals surface area contributed by atoms with Crippen molar-refractivity contribution in [2.45, 2.75) is 38.6 Å². The molecule has 1 saturated heterocycles. The molecule has 5 heteroatoms. The maximum absolute atomic E-state index is 12.8. The molecule has 0 bridgehead atoms. The van der Waals surface area contributed by atoms with Gasteiger partial charge in [0.1, 0.15) is 10.9 Å². The van der Waals surface area contributed by atoms with Gasteiger partial charge in [-0.2, -0.15) is 0 Å². The summed E-state index contributed by atoms with van der Waals surface area (Å²) in [6.07, 6.45) is 5.18. The lowest BCUT2D eigenvalue weighted by Gasteiger charge is -2.23. The minimum absolute atomic E-state index is 0.0128. The molecule has 3 heterocycles. The molecule has 0 radical (unpaired) electrons. The second kappa shape index (κ2) is 7.10. The summed E-state index contributed by atoms with van der Waals surface area (Å²) in [4.78, 5) is 23.1. The Labute approximate surface area is 151 Å². The fourth-order valence-electron chi connectivity index (χ4n) is 3.81. The molecular weight excluding hydrogens is 330 g/mol. The SMILES string of the molecule is C[C@@H](c1nc2scc(-c3ccccc3)c2c(=O)[nH]1)[NH+]1CCCCCC1. The summed E-state index contributed by atoms with van der Waals surface area (Å²) in [5, 5.41) is 2.77. The number of hydrogen-bond donors (Lipinski definition) is 2. The van der Waals surface area contributed by atoms with Gasteiger partial charge < -0.3 is 9.88 Å². The Kier molecular flexibility index (Phi) is 4.68. The summed E-state index contributed by atoms with van der Waals surface area (Å²) in [6.45, 7) is 4.53. The fraction of sp³-hybridized carbons (Fsp3) is 0.400. The zero-order valence-corrected chi connectivity index (χ0v) is 15.4. The minimum Gasteiger partial charge on any atom is -0.326 e. The maximum atomic E-state index is 12.8. The van der Waals surface area contributed by atoms with Gasteiger partial charge in [0.2, 0.25) is 0 Å². The van der Waals surface area contributed by atoms with E-state index in [1.54, 1.807) is 16.2 Å². The predicted molar refractivity (Wildman–Crippen MR) is 103 cm³/mol. The van der Waals surface area contributed by atoms with E-state index in [0.717, 1.165) is 27.2 Å². The first kappa shape index (κ1) is 16.5. The highest BCUT2D eigenvalue weighted by molar-refractivity contribution is 7.17. The second-order valence-electron chi connectivity index (χ2n) is 6.94. The number of likely N-dealkylation sites (tertiary alicyclic amines) is 1. The molecule has 4 rings (SSSR count). The third-order valence-corrected chi connectivity index (χ3v) is 6.19. The number of H-pyrrole nitrogens is 1. The Bertz CT molecular complexity index is 908. The third-order valence-electron chi connectivity index (χ3n) is 5.32. The molecule has 0 saturated carbocycles. The molecule has 1 aliphatic heterocycles. The lowest BCUT2D eigenvalue weighted by Crippen LogP contribution is -3.11. The van der Waals surface area contributed by atoms with E-state index in [4.69, 9.17) is 4.98 Å². The average Bonchev–Trinajstić information content (AvgIpc) is 2.89. The highest BCUT2D eigenvalue weighted by atomic mass is 32.1. The summed E-state index contributed by atoms with van der Waals surface area (Å²) in [5.74, 6) is 0.830. The highest BCUT2D eigenvalue weighted by Gasteiger charge is 2.24. The Morgan fingerprint density at radius 2 is 1.84 bits per heavy atom. The van der Waals surface area contributed by atoms with Gasteiger partial charge in [0, 0.05) is 10.9 Å². The molecular formula is C20H24N3OS+. The third kappa shape index (κ3) is 3.26. The Balaban J connectivity index is 1.72. The summed E-state index contributed by atoms with van der Waals surface area (Å²) < 4.78 is 0. The predicted octanol–water partition coefficient (Wildman–Crippen LogP) is 3.17. The molecule has 1 aliphatic rings. The minimum atomic E-state index is -0.0128. The fourth-order valence-corrected chi connectivity index (χ4v) is 4.76. The van der Waals surface area contributed by atoms with Gasteiger partial charge in [0.15, 0.2) is 5.82 Å². The first-order valence-corrected chi connectivity index (χ1v) is 10.0. The Morgan fingerprint density at radius 3 is 2.56 bits per heavy atom. The first-order valence-electron chi connectivity index (χ1n) is 9.15. The Morgan fingerprint density at radius 1 is 1.12 bits per heavy atom. The number of quaternary nitrogens is 1. The van der Waals surface area contributed by atoms with Crippen LogP contribution in [0.5, 0.6) is 0 Å². The van der Waals surface area contributed by atoms with Gasteiger partial charge in [-0.05, 0) is 38.2 Å². The standard InChI is InChI=1S/C20H23N3OS/c1-14(23-11-7-2-3-8-12-23)18-21-19(24)17-16(13-25-20(17)22-18)15-9-5-4-6-10-15/h4-6,9-10,13-14H,2-3,7-8,11-12H2,1H3,(H,21,22,24)/p+1/t14-/m0/s1. The zero-order valence-electron chi connectivity index (χ0n) is 14.5. The van der Waals surface area contributed by atoms with E-state index >= 15 is 0 Å². The van der Waals surface area contributed by atoms with Crippen LogP contribution in [0.2, 0.25) is 0 Å². The van der Waals surface area contributed by atoms with Crippen LogP contribution in [0.1, 0.15) is 44.5 Å². The van der Waals surface area contributed by atoms with Crippen molar-refractivity contribution in [3.63, 3.8) is 0 Å². The quantitative estimate of drug-likeness (QED) is 0.759. The van der Waals surface area contributed by atoms with E-state index in [9.17, 15) is 4.79 Å². The monoisotopic (exact) mass is 354 g/mol. The first-order chi connectivity index (χ1) is 12.2. The van der Waals surface area contributed by atoms with E-state index in [1.807, 2.05) is 30.3 Å². The van der Waals surface area contributed by atoms with Gasteiger partial charge >= 0.3 is 0 Å². The number of aromatic nitrogens is 2. The normalized spacial score (nSPS) is 17.5. The molecule has 0 aliphatic carbocycles. The second-order valence-corrected chi connectivity index (χ2v) is 7.80. The number of thiophene rings is 1. The lowest BCUT2D eigenvalue weighted by atomic mass is 10.1. The molecule has 1 aromatic carbocycles. The smallest absolute Gasteiger partial charge is 0.260 e. The van der Waals surface area contributed by atoms with Crippen LogP contribution in [0, 0.1) is 0 Å². The van der Waals surface area contributed by atoms with Crippen LogP contribution >= 0.6 is 11.3 Å². The van der Waals surface area contributed by atoms with Crippen molar-refractivity contribution < 1.29 is 4.90 Å². The molecule has 4 nitrogen and oxygen atoms in total. The highest BCUT2D eigenvalue weighted by Crippen LogP contribution is 2.30. The number of hydrogen-bond acceptors (Lipinski definition) is 3. The molecule has 0 spiro atoms. The zero-order chi connectivity index (χ0) is 17.2. The number of nitrogens with zero attached hydrogens (tertiary/aromatic N) is 1. The largest absolute Gasteiger partial charge is 0.326 e. The Hall–Kier alpha value is -1.98. The summed E-state index contributed by atoms with van der Waals surface area (Å²) in [5.41, 5.74) is 2.04. The van der Waals surface area contributed by atoms with Crippen molar-refractivity contribution in [3.05, 3.63) is 51.9 Å². The topological polar surface area (TPSA) is 50.2 Å². The number of rotatable bonds is 3. The lowest BCUT2D eigenvalue weighted by molar-refractivity contribution is -0.929. The van der Waals surface area contributed by atoms with Gasteiger partial charge in [-0.25, -0.2) is 4.98 Å². The molecule has 1 fully saturated rings. The van der Waals surface area contributed by atoms with E-state index in [0.29, 0.717) is 0 Å². The van der Waals surface area contributed by atoms with E-state index in [2.05, 4.69) is 17.3 Å². The summed E-state index contributed by atoms with van der Waals surface area (Å²) in [7, 11) is 0. The van der Waals surface area contributed by atoms with Crippen LogP contribution in [-0.4, -0.2) is 23.1 Å². The van der Waals surface area contributed by atoms with Crippen LogP contribution in [0.4, 0.5) is 0 Å². The number of benzene rings is 1. The van der Waals surface area contributed by atoms with E-state index in [-0.39, 0.29) is 11.6 Å². The number of nitrogens with one attached hydrogen (secondary N) is 2. The molecule has 130 valence electrons. The van der Waals surface area contributed by atoms with E-state index < -0.39 is 0 Å². The van der Waals surface area contributed by atoms with Crippen LogP contribution < -0.4 is 10.5 Å². The van der Waals surface area contributed by atoms with Crippen LogP contribution in [0.15, 0.2) is 40.5 Å². The van der Waals surface area contributed by atoms with Gasteiger partial charge in [0.05, 0.1) is 18.5 Å². The molecule has 3 aromatic rings. The number of fused-ring (bicyclic) bond motifs is 1. The van der Waals surface area contributed by atoms with Crippen LogP contribution in [0.3, 0.4) is 0 Å². The van der Waals surface area contributed by atoms with Gasteiger partial charge in [-0.15, -0.1) is 11.3 Å². The van der Waals surface area contributed by atoms with Crippen molar-refractivity contribution >= 4 is 21.6 Å². The van der Waals surface area contributed by atoms with Crippen molar-refractivity contribution in [2.24, 2.45) is 0 Å².